The van der Waals surface area contributed by atoms with Gasteiger partial charge in [0.15, 0.2) is 0 Å². The van der Waals surface area contributed by atoms with Gasteiger partial charge in [-0.2, -0.15) is 0 Å². The van der Waals surface area contributed by atoms with E-state index in [1.807, 2.05) is 6.92 Å². The highest BCUT2D eigenvalue weighted by atomic mass is 16.4. The maximum Gasteiger partial charge on any atom is 0.322 e. The van der Waals surface area contributed by atoms with Crippen molar-refractivity contribution in [2.45, 2.75) is 45.4 Å². The number of nitrogens with two attached hydrogens (primary N) is 1. The van der Waals surface area contributed by atoms with Crippen LogP contribution in [0.1, 0.15) is 27.2 Å². The number of hydrogen-bond acceptors (Lipinski definition) is 6. The molecule has 0 aromatic heterocycles. The van der Waals surface area contributed by atoms with Gasteiger partial charge in [0.2, 0.25) is 17.7 Å². The average molecular weight is 346 g/mol. The molecule has 10 nitrogen and oxygen atoms in total. The Labute approximate surface area is 140 Å². The highest BCUT2D eigenvalue weighted by Crippen LogP contribution is 2.09. The standard InChI is InChI=1S/C14H26N4O6/c1-4-7(2)11(17-9(20)5-15)14(24)18-12(8(3)19)13(23)16-6-10(21)22/h7-8,11-12,19H,4-6,15H2,1-3H3,(H,16,23)(H,17,20)(H,18,24)(H,21,22). The third-order valence-corrected chi connectivity index (χ3v) is 3.47. The second-order valence-corrected chi connectivity index (χ2v) is 5.47. The maximum absolute atomic E-state index is 12.4. The molecule has 0 aromatic carbocycles. The van der Waals surface area contributed by atoms with Crippen molar-refractivity contribution in [1.29, 1.82) is 0 Å². The fraction of sp³-hybridized carbons (Fsp3) is 0.714. The summed E-state index contributed by atoms with van der Waals surface area (Å²) in [5.74, 6) is -3.53. The first-order chi connectivity index (χ1) is 11.1. The summed E-state index contributed by atoms with van der Waals surface area (Å²) in [5.41, 5.74) is 5.22. The summed E-state index contributed by atoms with van der Waals surface area (Å²) in [6, 6.07) is -2.28. The molecule has 4 atom stereocenters. The average Bonchev–Trinajstić information content (AvgIpc) is 2.53. The molecular formula is C14H26N4O6. The van der Waals surface area contributed by atoms with Crippen molar-refractivity contribution in [2.75, 3.05) is 13.1 Å². The van der Waals surface area contributed by atoms with E-state index in [0.29, 0.717) is 6.42 Å². The van der Waals surface area contributed by atoms with E-state index >= 15 is 0 Å². The van der Waals surface area contributed by atoms with E-state index in [9.17, 15) is 24.3 Å². The number of nitrogens with one attached hydrogen (secondary N) is 3. The Hall–Kier alpha value is -2.20. The number of amides is 3. The molecule has 4 unspecified atom stereocenters. The van der Waals surface area contributed by atoms with Crippen LogP contribution in [-0.4, -0.2) is 65.2 Å². The molecule has 0 aliphatic rings. The topological polar surface area (TPSA) is 171 Å². The van der Waals surface area contributed by atoms with E-state index in [0.717, 1.165) is 0 Å². The molecule has 0 aromatic rings. The first-order valence-electron chi connectivity index (χ1n) is 7.61. The minimum absolute atomic E-state index is 0.239. The fourth-order valence-corrected chi connectivity index (χ4v) is 1.86. The molecule has 0 aliphatic heterocycles. The van der Waals surface area contributed by atoms with Crippen molar-refractivity contribution < 1.29 is 29.4 Å². The maximum atomic E-state index is 12.4. The zero-order chi connectivity index (χ0) is 18.9. The molecule has 0 aliphatic carbocycles. The van der Waals surface area contributed by atoms with Crippen LogP contribution in [0, 0.1) is 5.92 Å². The molecule has 138 valence electrons. The van der Waals surface area contributed by atoms with Gasteiger partial charge in [-0.15, -0.1) is 0 Å². The SMILES string of the molecule is CCC(C)C(NC(=O)CN)C(=O)NC(C(=O)NCC(=O)O)C(C)O. The van der Waals surface area contributed by atoms with Gasteiger partial charge in [0.25, 0.3) is 0 Å². The highest BCUT2D eigenvalue weighted by molar-refractivity contribution is 5.93. The van der Waals surface area contributed by atoms with E-state index in [1.54, 1.807) is 6.92 Å². The van der Waals surface area contributed by atoms with E-state index in [1.165, 1.54) is 6.92 Å². The number of aliphatic hydroxyl groups excluding tert-OH is 1. The van der Waals surface area contributed by atoms with Gasteiger partial charge in [0, 0.05) is 0 Å². The Kier molecular flexibility index (Phi) is 9.58. The number of aliphatic carboxylic acids is 1. The lowest BCUT2D eigenvalue weighted by Gasteiger charge is -2.27. The summed E-state index contributed by atoms with van der Waals surface area (Å²) in [4.78, 5) is 46.2. The Morgan fingerprint density at radius 1 is 1.04 bits per heavy atom. The van der Waals surface area contributed by atoms with Crippen LogP contribution in [0.5, 0.6) is 0 Å². The number of rotatable bonds is 10. The lowest BCUT2D eigenvalue weighted by Crippen LogP contribution is -2.59. The smallest absolute Gasteiger partial charge is 0.322 e. The molecule has 0 heterocycles. The molecule has 3 amide bonds. The predicted octanol–water partition coefficient (Wildman–Crippen LogP) is -2.46. The Morgan fingerprint density at radius 3 is 2.04 bits per heavy atom. The van der Waals surface area contributed by atoms with E-state index in [-0.39, 0.29) is 12.5 Å². The van der Waals surface area contributed by atoms with Gasteiger partial charge >= 0.3 is 5.97 Å². The Balaban J connectivity index is 5.07. The number of carboxylic acid groups (broad SMARTS) is 1. The molecule has 24 heavy (non-hydrogen) atoms. The molecule has 0 radical (unpaired) electrons. The Morgan fingerprint density at radius 2 is 1.62 bits per heavy atom. The van der Waals surface area contributed by atoms with Crippen LogP contribution in [0.3, 0.4) is 0 Å². The monoisotopic (exact) mass is 346 g/mol. The van der Waals surface area contributed by atoms with Crippen LogP contribution >= 0.6 is 0 Å². The number of aliphatic hydroxyl groups is 1. The van der Waals surface area contributed by atoms with Crippen LogP contribution in [0.15, 0.2) is 0 Å². The van der Waals surface area contributed by atoms with Crippen LogP contribution in [0.25, 0.3) is 0 Å². The molecule has 0 saturated heterocycles. The molecule has 0 rings (SSSR count). The number of carboxylic acids is 1. The second-order valence-electron chi connectivity index (χ2n) is 5.47. The summed E-state index contributed by atoms with van der Waals surface area (Å²) < 4.78 is 0. The lowest BCUT2D eigenvalue weighted by atomic mass is 9.97. The third kappa shape index (κ3) is 7.38. The van der Waals surface area contributed by atoms with Gasteiger partial charge in [-0.05, 0) is 12.8 Å². The van der Waals surface area contributed by atoms with E-state index < -0.39 is 48.4 Å². The fourth-order valence-electron chi connectivity index (χ4n) is 1.86. The number of carbonyl (C=O) groups is 4. The molecule has 0 bridgehead atoms. The second kappa shape index (κ2) is 10.6. The minimum Gasteiger partial charge on any atom is -0.480 e. The molecule has 7 N–H and O–H groups in total. The van der Waals surface area contributed by atoms with Crippen molar-refractivity contribution in [3.05, 3.63) is 0 Å². The minimum atomic E-state index is -1.35. The highest BCUT2D eigenvalue weighted by Gasteiger charge is 2.31. The normalized spacial score (nSPS) is 15.5. The predicted molar refractivity (Wildman–Crippen MR) is 84.7 cm³/mol. The zero-order valence-electron chi connectivity index (χ0n) is 14.0. The largest absolute Gasteiger partial charge is 0.480 e. The van der Waals surface area contributed by atoms with Crippen molar-refractivity contribution in [3.63, 3.8) is 0 Å². The van der Waals surface area contributed by atoms with Crippen LogP contribution < -0.4 is 21.7 Å². The molecule has 10 heteroatoms. The number of hydrogen-bond donors (Lipinski definition) is 6. The van der Waals surface area contributed by atoms with Gasteiger partial charge in [0.05, 0.1) is 12.6 Å². The first-order valence-corrected chi connectivity index (χ1v) is 7.61. The van der Waals surface area contributed by atoms with Gasteiger partial charge in [-0.1, -0.05) is 20.3 Å². The van der Waals surface area contributed by atoms with Crippen molar-refractivity contribution >= 4 is 23.7 Å². The third-order valence-electron chi connectivity index (χ3n) is 3.47. The Bertz CT molecular complexity index is 468. The van der Waals surface area contributed by atoms with Gasteiger partial charge in [-0.25, -0.2) is 0 Å². The van der Waals surface area contributed by atoms with Crippen molar-refractivity contribution in [3.8, 4) is 0 Å². The van der Waals surface area contributed by atoms with Crippen LogP contribution in [-0.2, 0) is 19.2 Å². The van der Waals surface area contributed by atoms with E-state index in [4.69, 9.17) is 10.8 Å². The van der Waals surface area contributed by atoms with Gasteiger partial charge in [0.1, 0.15) is 18.6 Å². The zero-order valence-corrected chi connectivity index (χ0v) is 14.0. The quantitative estimate of drug-likeness (QED) is 0.255. The van der Waals surface area contributed by atoms with Crippen LogP contribution in [0.2, 0.25) is 0 Å². The lowest BCUT2D eigenvalue weighted by molar-refractivity contribution is -0.139. The summed E-state index contributed by atoms with van der Waals surface area (Å²) in [7, 11) is 0. The van der Waals surface area contributed by atoms with Crippen molar-refractivity contribution in [2.24, 2.45) is 11.7 Å². The first kappa shape index (κ1) is 21.8. The van der Waals surface area contributed by atoms with Crippen LogP contribution in [0.4, 0.5) is 0 Å². The number of carbonyl (C=O) groups excluding carboxylic acids is 3. The summed E-state index contributed by atoms with van der Waals surface area (Å²) in [5, 5.41) is 25.1. The van der Waals surface area contributed by atoms with Gasteiger partial charge in [-0.3, -0.25) is 19.2 Å². The van der Waals surface area contributed by atoms with E-state index in [2.05, 4.69) is 16.0 Å². The summed E-state index contributed by atoms with van der Waals surface area (Å²) >= 11 is 0. The molecular weight excluding hydrogens is 320 g/mol. The molecule has 0 fully saturated rings. The van der Waals surface area contributed by atoms with Gasteiger partial charge < -0.3 is 31.9 Å². The summed E-state index contributed by atoms with van der Waals surface area (Å²) in [6.07, 6.45) is -0.682. The molecule has 0 spiro atoms. The van der Waals surface area contributed by atoms with Crippen molar-refractivity contribution in [1.82, 2.24) is 16.0 Å². The molecule has 0 saturated carbocycles. The summed E-state index contributed by atoms with van der Waals surface area (Å²) in [6.45, 7) is 3.91.